The zero-order valence-electron chi connectivity index (χ0n) is 13.4. The van der Waals surface area contributed by atoms with Gasteiger partial charge in [0.1, 0.15) is 0 Å². The second-order valence-electron chi connectivity index (χ2n) is 4.76. The standard InChI is InChI=1S/C10H28O6Si3/c1-11-17(7,12-2)9-19(15-5,16-6)10-18(8,13-3)14-4/h9-10H2,1-8H3. The van der Waals surface area contributed by atoms with Gasteiger partial charge in [-0.1, -0.05) is 0 Å². The number of rotatable bonds is 10. The van der Waals surface area contributed by atoms with Gasteiger partial charge in [-0.15, -0.1) is 0 Å². The van der Waals surface area contributed by atoms with Crippen LogP contribution < -0.4 is 0 Å². The van der Waals surface area contributed by atoms with E-state index in [4.69, 9.17) is 26.6 Å². The predicted octanol–water partition coefficient (Wildman–Crippen LogP) is 1.53. The van der Waals surface area contributed by atoms with Gasteiger partial charge in [0, 0.05) is 54.0 Å². The molecule has 0 N–H and O–H groups in total. The lowest BCUT2D eigenvalue weighted by Crippen LogP contribution is -2.57. The minimum absolute atomic E-state index is 0.676. The van der Waals surface area contributed by atoms with E-state index in [0.717, 1.165) is 0 Å². The third-order valence-corrected chi connectivity index (χ3v) is 18.0. The van der Waals surface area contributed by atoms with E-state index in [0.29, 0.717) is 11.3 Å². The van der Waals surface area contributed by atoms with Crippen LogP contribution in [0.1, 0.15) is 0 Å². The van der Waals surface area contributed by atoms with Gasteiger partial charge in [-0.2, -0.15) is 0 Å². The van der Waals surface area contributed by atoms with Gasteiger partial charge in [-0.3, -0.25) is 0 Å². The van der Waals surface area contributed by atoms with Crippen molar-refractivity contribution in [1.29, 1.82) is 0 Å². The smallest absolute Gasteiger partial charge is 0.341 e. The van der Waals surface area contributed by atoms with E-state index in [1.807, 2.05) is 13.1 Å². The average Bonchev–Trinajstić information content (AvgIpc) is 2.46. The van der Waals surface area contributed by atoms with Crippen LogP contribution in [0.5, 0.6) is 0 Å². The second-order valence-corrected chi connectivity index (χ2v) is 16.4. The molecule has 0 unspecified atom stereocenters. The third kappa shape index (κ3) is 5.36. The maximum absolute atomic E-state index is 5.75. The lowest BCUT2D eigenvalue weighted by atomic mass is 11.7. The molecule has 0 aromatic carbocycles. The van der Waals surface area contributed by atoms with Crippen LogP contribution >= 0.6 is 0 Å². The van der Waals surface area contributed by atoms with Gasteiger partial charge < -0.3 is 26.6 Å². The molecule has 9 heteroatoms. The Morgan fingerprint density at radius 2 is 0.789 bits per heavy atom. The first kappa shape index (κ1) is 19.4. The Hall–Kier alpha value is 0.411. The van der Waals surface area contributed by atoms with E-state index in [1.165, 1.54) is 0 Å². The molecule has 19 heavy (non-hydrogen) atoms. The Morgan fingerprint density at radius 1 is 0.526 bits per heavy atom. The first-order valence-corrected chi connectivity index (χ1v) is 13.4. The summed E-state index contributed by atoms with van der Waals surface area (Å²) in [6, 6.07) is 0. The molecule has 0 saturated carbocycles. The molecule has 0 amide bonds. The molecule has 0 fully saturated rings. The van der Waals surface area contributed by atoms with Gasteiger partial charge in [0.15, 0.2) is 0 Å². The molecular weight excluding hydrogens is 300 g/mol. The van der Waals surface area contributed by atoms with Crippen molar-refractivity contribution < 1.29 is 26.6 Å². The zero-order valence-corrected chi connectivity index (χ0v) is 16.4. The molecule has 0 spiro atoms. The van der Waals surface area contributed by atoms with Crippen molar-refractivity contribution in [2.24, 2.45) is 0 Å². The molecule has 0 aliphatic carbocycles. The van der Waals surface area contributed by atoms with Gasteiger partial charge in [0.2, 0.25) is 0 Å². The van der Waals surface area contributed by atoms with Crippen molar-refractivity contribution in [2.45, 2.75) is 24.4 Å². The highest BCUT2D eigenvalue weighted by atomic mass is 28.5. The monoisotopic (exact) mass is 328 g/mol. The highest BCUT2D eigenvalue weighted by Gasteiger charge is 2.52. The summed E-state index contributed by atoms with van der Waals surface area (Å²) in [6.07, 6.45) is 0. The quantitative estimate of drug-likeness (QED) is 0.567. The zero-order chi connectivity index (χ0) is 15.2. The van der Waals surface area contributed by atoms with Crippen molar-refractivity contribution in [3.8, 4) is 0 Å². The van der Waals surface area contributed by atoms with E-state index in [9.17, 15) is 0 Å². The Bertz CT molecular complexity index is 232. The van der Waals surface area contributed by atoms with Crippen LogP contribution in [0.2, 0.25) is 24.4 Å². The maximum atomic E-state index is 5.75. The molecule has 0 rings (SSSR count). The summed E-state index contributed by atoms with van der Waals surface area (Å²) < 4.78 is 33.7. The van der Waals surface area contributed by atoms with Crippen LogP contribution in [0, 0.1) is 0 Å². The molecule has 6 nitrogen and oxygen atoms in total. The first-order chi connectivity index (χ1) is 8.78. The van der Waals surface area contributed by atoms with Crippen LogP contribution in [-0.4, -0.2) is 68.3 Å². The number of hydrogen-bond donors (Lipinski definition) is 0. The summed E-state index contributed by atoms with van der Waals surface area (Å²) in [4.78, 5) is 0. The van der Waals surface area contributed by atoms with Gasteiger partial charge in [-0.05, 0) is 13.1 Å². The highest BCUT2D eigenvalue weighted by molar-refractivity contribution is 6.92. The molecule has 0 aromatic heterocycles. The molecule has 0 radical (unpaired) electrons. The molecule has 0 bridgehead atoms. The fourth-order valence-corrected chi connectivity index (χ4v) is 16.4. The predicted molar refractivity (Wildman–Crippen MR) is 80.7 cm³/mol. The third-order valence-electron chi connectivity index (χ3n) is 3.65. The Labute approximate surface area is 120 Å². The SMILES string of the molecule is CO[Si](C)(C[Si](C[Si](C)(OC)OC)(OC)OC)OC. The van der Waals surface area contributed by atoms with E-state index in [1.54, 1.807) is 42.7 Å². The van der Waals surface area contributed by atoms with Gasteiger partial charge in [-0.25, -0.2) is 0 Å². The van der Waals surface area contributed by atoms with E-state index >= 15 is 0 Å². The lowest BCUT2D eigenvalue weighted by molar-refractivity contribution is 0.213. The maximum Gasteiger partial charge on any atom is 0.341 e. The molecule has 116 valence electrons. The summed E-state index contributed by atoms with van der Waals surface area (Å²) in [5.41, 5.74) is 1.35. The van der Waals surface area contributed by atoms with Crippen molar-refractivity contribution in [1.82, 2.24) is 0 Å². The molecular formula is C10H28O6Si3. The minimum atomic E-state index is -2.47. The molecule has 0 heterocycles. The summed E-state index contributed by atoms with van der Waals surface area (Å²) in [7, 11) is 3.00. The van der Waals surface area contributed by atoms with Crippen molar-refractivity contribution in [3.05, 3.63) is 0 Å². The highest BCUT2D eigenvalue weighted by Crippen LogP contribution is 2.30. The van der Waals surface area contributed by atoms with Crippen molar-refractivity contribution in [2.75, 3.05) is 42.7 Å². The van der Waals surface area contributed by atoms with Crippen LogP contribution in [-0.2, 0) is 26.6 Å². The van der Waals surface area contributed by atoms with Crippen LogP contribution in [0.25, 0.3) is 0 Å². The molecule has 0 aliphatic rings. The number of hydrogen-bond acceptors (Lipinski definition) is 6. The van der Waals surface area contributed by atoms with Gasteiger partial charge >= 0.3 is 25.7 Å². The normalized spacial score (nSPS) is 13.9. The molecule has 0 aromatic rings. The van der Waals surface area contributed by atoms with Crippen molar-refractivity contribution in [3.63, 3.8) is 0 Å². The van der Waals surface area contributed by atoms with E-state index < -0.39 is 25.7 Å². The first-order valence-electron chi connectivity index (χ1n) is 6.09. The van der Waals surface area contributed by atoms with Crippen LogP contribution in [0.4, 0.5) is 0 Å². The fourth-order valence-electron chi connectivity index (χ4n) is 1.87. The van der Waals surface area contributed by atoms with Crippen LogP contribution in [0.15, 0.2) is 0 Å². The Kier molecular flexibility index (Phi) is 8.17. The molecule has 0 atom stereocenters. The molecule has 0 aliphatic heterocycles. The van der Waals surface area contributed by atoms with Crippen molar-refractivity contribution >= 4 is 25.7 Å². The van der Waals surface area contributed by atoms with Crippen LogP contribution in [0.3, 0.4) is 0 Å². The average molecular weight is 329 g/mol. The lowest BCUT2D eigenvalue weighted by Gasteiger charge is -2.37. The van der Waals surface area contributed by atoms with Gasteiger partial charge in [0.05, 0.1) is 0 Å². The summed E-state index contributed by atoms with van der Waals surface area (Å²) in [6.45, 7) is 4.01. The largest absolute Gasteiger partial charge is 0.398 e. The fraction of sp³-hybridized carbons (Fsp3) is 1.00. The molecule has 0 saturated heterocycles. The van der Waals surface area contributed by atoms with E-state index in [2.05, 4.69) is 0 Å². The summed E-state index contributed by atoms with van der Waals surface area (Å²) >= 11 is 0. The second kappa shape index (κ2) is 8.00. The van der Waals surface area contributed by atoms with E-state index in [-0.39, 0.29) is 0 Å². The topological polar surface area (TPSA) is 55.4 Å². The Balaban J connectivity index is 5.15. The summed E-state index contributed by atoms with van der Waals surface area (Å²) in [5.74, 6) is 0. The summed E-state index contributed by atoms with van der Waals surface area (Å²) in [5, 5.41) is 0. The van der Waals surface area contributed by atoms with Gasteiger partial charge in [0.25, 0.3) is 0 Å². The Morgan fingerprint density at radius 3 is 0.947 bits per heavy atom. The minimum Gasteiger partial charge on any atom is -0.398 e.